The van der Waals surface area contributed by atoms with Crippen LogP contribution in [0.4, 0.5) is 0 Å². The Morgan fingerprint density at radius 3 is 2.69 bits per heavy atom. The number of esters is 1. The standard InChI is InChI=1S/C12H21NO3/c1-13(2)7-8-16-12(15)9-10-3-5-11(14)6-4-10/h9,11,14H,3-8H2,1-2H3. The van der Waals surface area contributed by atoms with E-state index in [0.717, 1.165) is 37.8 Å². The fourth-order valence-corrected chi connectivity index (χ4v) is 1.65. The summed E-state index contributed by atoms with van der Waals surface area (Å²) in [4.78, 5) is 13.4. The lowest BCUT2D eigenvalue weighted by Gasteiger charge is -2.18. The molecule has 1 aliphatic carbocycles. The molecule has 0 heterocycles. The van der Waals surface area contributed by atoms with Crippen LogP contribution in [0.3, 0.4) is 0 Å². The molecule has 1 fully saturated rings. The quantitative estimate of drug-likeness (QED) is 0.574. The van der Waals surface area contributed by atoms with E-state index < -0.39 is 0 Å². The number of allylic oxidation sites excluding steroid dienone is 1. The number of hydrogen-bond acceptors (Lipinski definition) is 4. The Labute approximate surface area is 96.9 Å². The van der Waals surface area contributed by atoms with Gasteiger partial charge in [0.2, 0.25) is 0 Å². The van der Waals surface area contributed by atoms with Crippen LogP contribution >= 0.6 is 0 Å². The van der Waals surface area contributed by atoms with Crippen LogP contribution < -0.4 is 0 Å². The summed E-state index contributed by atoms with van der Waals surface area (Å²) in [6, 6.07) is 0. The predicted octanol–water partition coefficient (Wildman–Crippen LogP) is 0.952. The first-order valence-electron chi connectivity index (χ1n) is 5.77. The summed E-state index contributed by atoms with van der Waals surface area (Å²) >= 11 is 0. The second kappa shape index (κ2) is 6.66. The molecule has 1 rings (SSSR count). The zero-order valence-corrected chi connectivity index (χ0v) is 10.1. The summed E-state index contributed by atoms with van der Waals surface area (Å²) in [5.74, 6) is -0.256. The molecule has 0 radical (unpaired) electrons. The van der Waals surface area contributed by atoms with Crippen molar-refractivity contribution >= 4 is 5.97 Å². The normalized spacial score (nSPS) is 21.0. The predicted molar refractivity (Wildman–Crippen MR) is 62.1 cm³/mol. The van der Waals surface area contributed by atoms with Gasteiger partial charge in [-0.25, -0.2) is 4.79 Å². The van der Waals surface area contributed by atoms with Crippen LogP contribution in [0.15, 0.2) is 11.6 Å². The summed E-state index contributed by atoms with van der Waals surface area (Å²) in [6.45, 7) is 1.17. The van der Waals surface area contributed by atoms with Gasteiger partial charge in [-0.2, -0.15) is 0 Å². The van der Waals surface area contributed by atoms with Crippen LogP contribution in [-0.4, -0.2) is 49.3 Å². The van der Waals surface area contributed by atoms with Gasteiger partial charge < -0.3 is 14.7 Å². The van der Waals surface area contributed by atoms with Crippen LogP contribution in [0.2, 0.25) is 0 Å². The third-order valence-electron chi connectivity index (χ3n) is 2.70. The van der Waals surface area contributed by atoms with Crippen LogP contribution in [-0.2, 0) is 9.53 Å². The van der Waals surface area contributed by atoms with Crippen LogP contribution in [0, 0.1) is 0 Å². The molecule has 0 aromatic heterocycles. The Morgan fingerprint density at radius 1 is 1.50 bits per heavy atom. The summed E-state index contributed by atoms with van der Waals surface area (Å²) in [6.07, 6.45) is 4.53. The average molecular weight is 227 g/mol. The highest BCUT2D eigenvalue weighted by Crippen LogP contribution is 2.23. The Bertz CT molecular complexity index is 251. The molecule has 0 amide bonds. The smallest absolute Gasteiger partial charge is 0.330 e. The zero-order chi connectivity index (χ0) is 12.0. The van der Waals surface area contributed by atoms with E-state index in [9.17, 15) is 9.90 Å². The van der Waals surface area contributed by atoms with Crippen LogP contribution in [0.1, 0.15) is 25.7 Å². The molecule has 0 saturated heterocycles. The molecule has 0 atom stereocenters. The zero-order valence-electron chi connectivity index (χ0n) is 10.1. The fraction of sp³-hybridized carbons (Fsp3) is 0.750. The van der Waals surface area contributed by atoms with E-state index in [1.807, 2.05) is 19.0 Å². The van der Waals surface area contributed by atoms with Crippen molar-refractivity contribution in [3.05, 3.63) is 11.6 Å². The SMILES string of the molecule is CN(C)CCOC(=O)C=C1CCC(O)CC1. The molecule has 1 aliphatic rings. The minimum Gasteiger partial charge on any atom is -0.461 e. The summed E-state index contributed by atoms with van der Waals surface area (Å²) in [5, 5.41) is 9.31. The fourth-order valence-electron chi connectivity index (χ4n) is 1.65. The third-order valence-corrected chi connectivity index (χ3v) is 2.70. The number of rotatable bonds is 4. The van der Waals surface area contributed by atoms with Crippen molar-refractivity contribution in [3.8, 4) is 0 Å². The number of ether oxygens (including phenoxy) is 1. The second-order valence-corrected chi connectivity index (χ2v) is 4.50. The van der Waals surface area contributed by atoms with Crippen molar-refractivity contribution in [1.82, 2.24) is 4.90 Å². The van der Waals surface area contributed by atoms with Crippen molar-refractivity contribution < 1.29 is 14.6 Å². The van der Waals surface area contributed by atoms with Crippen molar-refractivity contribution in [3.63, 3.8) is 0 Å². The lowest BCUT2D eigenvalue weighted by atomic mass is 9.92. The third kappa shape index (κ3) is 5.28. The molecule has 0 aliphatic heterocycles. The first-order valence-corrected chi connectivity index (χ1v) is 5.77. The van der Waals surface area contributed by atoms with E-state index >= 15 is 0 Å². The highest BCUT2D eigenvalue weighted by Gasteiger charge is 2.14. The molecular formula is C12H21NO3. The van der Waals surface area contributed by atoms with Gasteiger partial charge in [-0.15, -0.1) is 0 Å². The highest BCUT2D eigenvalue weighted by atomic mass is 16.5. The lowest BCUT2D eigenvalue weighted by Crippen LogP contribution is -2.20. The number of likely N-dealkylation sites (N-methyl/N-ethyl adjacent to an activating group) is 1. The number of aliphatic hydroxyl groups is 1. The van der Waals surface area contributed by atoms with E-state index in [-0.39, 0.29) is 12.1 Å². The Hall–Kier alpha value is -0.870. The molecule has 0 unspecified atom stereocenters. The van der Waals surface area contributed by atoms with Crippen LogP contribution in [0.25, 0.3) is 0 Å². The molecule has 16 heavy (non-hydrogen) atoms. The number of carbonyl (C=O) groups is 1. The van der Waals surface area contributed by atoms with E-state index in [1.165, 1.54) is 0 Å². The molecule has 92 valence electrons. The molecule has 1 N–H and O–H groups in total. The van der Waals surface area contributed by atoms with Gasteiger partial charge >= 0.3 is 5.97 Å². The summed E-state index contributed by atoms with van der Waals surface area (Å²) in [5.41, 5.74) is 1.10. The van der Waals surface area contributed by atoms with Gasteiger partial charge in [0.1, 0.15) is 6.61 Å². The maximum atomic E-state index is 11.4. The van der Waals surface area contributed by atoms with Crippen molar-refractivity contribution in [2.75, 3.05) is 27.2 Å². The first kappa shape index (κ1) is 13.2. The van der Waals surface area contributed by atoms with Gasteiger partial charge in [0.25, 0.3) is 0 Å². The average Bonchev–Trinajstić information content (AvgIpc) is 2.21. The highest BCUT2D eigenvalue weighted by molar-refractivity contribution is 5.82. The van der Waals surface area contributed by atoms with Gasteiger partial charge in [0, 0.05) is 12.6 Å². The van der Waals surface area contributed by atoms with Gasteiger partial charge in [-0.3, -0.25) is 0 Å². The van der Waals surface area contributed by atoms with E-state index in [2.05, 4.69) is 0 Å². The lowest BCUT2D eigenvalue weighted by molar-refractivity contribution is -0.138. The molecule has 0 aromatic carbocycles. The summed E-state index contributed by atoms with van der Waals surface area (Å²) < 4.78 is 5.06. The van der Waals surface area contributed by atoms with E-state index in [0.29, 0.717) is 6.61 Å². The minimum absolute atomic E-state index is 0.193. The molecule has 0 spiro atoms. The molecular weight excluding hydrogens is 206 g/mol. The van der Waals surface area contributed by atoms with Crippen molar-refractivity contribution in [1.29, 1.82) is 0 Å². The van der Waals surface area contributed by atoms with Crippen molar-refractivity contribution in [2.45, 2.75) is 31.8 Å². The van der Waals surface area contributed by atoms with E-state index in [4.69, 9.17) is 4.74 Å². The van der Waals surface area contributed by atoms with Crippen molar-refractivity contribution in [2.24, 2.45) is 0 Å². The molecule has 0 bridgehead atoms. The van der Waals surface area contributed by atoms with Gasteiger partial charge in [-0.05, 0) is 39.8 Å². The molecule has 1 saturated carbocycles. The monoisotopic (exact) mass is 227 g/mol. The molecule has 0 aromatic rings. The van der Waals surface area contributed by atoms with E-state index in [1.54, 1.807) is 6.08 Å². The Balaban J connectivity index is 2.24. The molecule has 4 nitrogen and oxygen atoms in total. The summed E-state index contributed by atoms with van der Waals surface area (Å²) in [7, 11) is 3.88. The Kier molecular flexibility index (Phi) is 5.49. The number of hydrogen-bond donors (Lipinski definition) is 1. The Morgan fingerprint density at radius 2 is 2.12 bits per heavy atom. The van der Waals surface area contributed by atoms with Gasteiger partial charge in [-0.1, -0.05) is 5.57 Å². The maximum absolute atomic E-state index is 11.4. The second-order valence-electron chi connectivity index (χ2n) is 4.50. The number of nitrogens with zero attached hydrogens (tertiary/aromatic N) is 1. The maximum Gasteiger partial charge on any atom is 0.330 e. The number of aliphatic hydroxyl groups excluding tert-OH is 1. The largest absolute Gasteiger partial charge is 0.461 e. The van der Waals surface area contributed by atoms with Gasteiger partial charge in [0.05, 0.1) is 6.10 Å². The number of carbonyl (C=O) groups excluding carboxylic acids is 1. The van der Waals surface area contributed by atoms with Crippen LogP contribution in [0.5, 0.6) is 0 Å². The minimum atomic E-state index is -0.256. The van der Waals surface area contributed by atoms with Gasteiger partial charge in [0.15, 0.2) is 0 Å². The topological polar surface area (TPSA) is 49.8 Å². The molecule has 4 heteroatoms. The first-order chi connectivity index (χ1) is 7.58.